The van der Waals surface area contributed by atoms with Crippen LogP contribution < -0.4 is 15.7 Å². The maximum atomic E-state index is 12.5. The number of H-pyrrole nitrogens is 2. The van der Waals surface area contributed by atoms with Crippen LogP contribution >= 0.6 is 0 Å². The Balaban J connectivity index is 1.79. The minimum Gasteiger partial charge on any atom is -0.352 e. The van der Waals surface area contributed by atoms with Gasteiger partial charge in [0.25, 0.3) is 15.9 Å². The highest BCUT2D eigenvalue weighted by molar-refractivity contribution is 7.92. The molecule has 1 aromatic heterocycles. The van der Waals surface area contributed by atoms with Crippen molar-refractivity contribution in [2.75, 3.05) is 11.3 Å². The van der Waals surface area contributed by atoms with E-state index in [1.54, 1.807) is 12.1 Å². The summed E-state index contributed by atoms with van der Waals surface area (Å²) in [6.07, 6.45) is 0.834. The summed E-state index contributed by atoms with van der Waals surface area (Å²) in [7, 11) is -3.83. The van der Waals surface area contributed by atoms with Crippen LogP contribution in [0.25, 0.3) is 11.0 Å². The first-order valence-electron chi connectivity index (χ1n) is 8.02. The van der Waals surface area contributed by atoms with Gasteiger partial charge in [-0.3, -0.25) is 9.52 Å². The molecule has 0 fully saturated rings. The third-order valence-corrected chi connectivity index (χ3v) is 5.11. The molecule has 1 amide bonds. The highest BCUT2D eigenvalue weighted by Crippen LogP contribution is 2.19. The average Bonchev–Trinajstić information content (AvgIpc) is 2.99. The van der Waals surface area contributed by atoms with E-state index in [2.05, 4.69) is 20.0 Å². The Morgan fingerprint density at radius 3 is 2.42 bits per heavy atom. The number of carbonyl (C=O) groups is 1. The number of benzene rings is 2. The van der Waals surface area contributed by atoms with Gasteiger partial charge in [0.1, 0.15) is 0 Å². The Hall–Kier alpha value is -3.07. The normalized spacial score (nSPS) is 11.4. The van der Waals surface area contributed by atoms with Crippen molar-refractivity contribution in [2.45, 2.75) is 18.2 Å². The summed E-state index contributed by atoms with van der Waals surface area (Å²) in [6, 6.07) is 10.4. The van der Waals surface area contributed by atoms with E-state index in [0.29, 0.717) is 28.8 Å². The Kier molecular flexibility index (Phi) is 4.81. The zero-order valence-electron chi connectivity index (χ0n) is 14.0. The molecule has 0 unspecified atom stereocenters. The molecule has 3 rings (SSSR count). The first-order chi connectivity index (χ1) is 12.4. The van der Waals surface area contributed by atoms with Crippen LogP contribution in [0.15, 0.2) is 52.2 Å². The van der Waals surface area contributed by atoms with Gasteiger partial charge in [-0.2, -0.15) is 0 Å². The van der Waals surface area contributed by atoms with Crippen molar-refractivity contribution in [3.05, 3.63) is 58.5 Å². The molecule has 9 heteroatoms. The molecule has 0 radical (unpaired) electrons. The van der Waals surface area contributed by atoms with Crippen LogP contribution in [0.2, 0.25) is 0 Å². The maximum Gasteiger partial charge on any atom is 0.323 e. The second-order valence-corrected chi connectivity index (χ2v) is 7.41. The van der Waals surface area contributed by atoms with Gasteiger partial charge in [-0.1, -0.05) is 6.92 Å². The lowest BCUT2D eigenvalue weighted by atomic mass is 10.2. The number of fused-ring (bicyclic) bond motifs is 1. The van der Waals surface area contributed by atoms with Gasteiger partial charge in [-0.25, -0.2) is 13.2 Å². The van der Waals surface area contributed by atoms with Gasteiger partial charge >= 0.3 is 5.69 Å². The smallest absolute Gasteiger partial charge is 0.323 e. The summed E-state index contributed by atoms with van der Waals surface area (Å²) < 4.78 is 27.5. The summed E-state index contributed by atoms with van der Waals surface area (Å²) in [5, 5.41) is 2.75. The van der Waals surface area contributed by atoms with Crippen molar-refractivity contribution in [3.8, 4) is 0 Å². The molecule has 0 bridgehead atoms. The highest BCUT2D eigenvalue weighted by Gasteiger charge is 2.16. The molecular weight excluding hydrogens is 356 g/mol. The number of rotatable bonds is 6. The first-order valence-corrected chi connectivity index (χ1v) is 9.50. The van der Waals surface area contributed by atoms with Crippen molar-refractivity contribution in [2.24, 2.45) is 0 Å². The zero-order valence-corrected chi connectivity index (χ0v) is 14.8. The quantitative estimate of drug-likeness (QED) is 0.525. The van der Waals surface area contributed by atoms with Crippen LogP contribution in [-0.4, -0.2) is 30.8 Å². The fourth-order valence-electron chi connectivity index (χ4n) is 2.42. The molecule has 1 heterocycles. The number of carbonyl (C=O) groups excluding carboxylic acids is 1. The molecule has 2 aromatic carbocycles. The number of hydrogen-bond donors (Lipinski definition) is 4. The van der Waals surface area contributed by atoms with Crippen molar-refractivity contribution < 1.29 is 13.2 Å². The van der Waals surface area contributed by atoms with E-state index in [4.69, 9.17) is 0 Å². The number of aromatic nitrogens is 2. The van der Waals surface area contributed by atoms with Crippen LogP contribution in [0.5, 0.6) is 0 Å². The molecule has 0 aliphatic heterocycles. The summed E-state index contributed by atoms with van der Waals surface area (Å²) >= 11 is 0. The molecule has 0 saturated heterocycles. The molecule has 0 atom stereocenters. The Morgan fingerprint density at radius 2 is 1.73 bits per heavy atom. The number of nitrogens with one attached hydrogen (secondary N) is 4. The second kappa shape index (κ2) is 7.04. The first kappa shape index (κ1) is 17.7. The number of sulfonamides is 1. The predicted octanol–water partition coefficient (Wildman–Crippen LogP) is 1.80. The number of imidazole rings is 1. The molecule has 0 spiro atoms. The monoisotopic (exact) mass is 374 g/mol. The van der Waals surface area contributed by atoms with E-state index in [1.165, 1.54) is 30.3 Å². The lowest BCUT2D eigenvalue weighted by Crippen LogP contribution is -2.23. The molecule has 0 saturated carbocycles. The molecule has 0 aliphatic carbocycles. The summed E-state index contributed by atoms with van der Waals surface area (Å²) in [4.78, 5) is 28.2. The van der Waals surface area contributed by atoms with Gasteiger partial charge in [-0.05, 0) is 48.9 Å². The third kappa shape index (κ3) is 3.77. The van der Waals surface area contributed by atoms with E-state index >= 15 is 0 Å². The molecular formula is C17H18N4O4S. The van der Waals surface area contributed by atoms with E-state index in [9.17, 15) is 18.0 Å². The van der Waals surface area contributed by atoms with Gasteiger partial charge in [0.05, 0.1) is 15.9 Å². The van der Waals surface area contributed by atoms with Crippen molar-refractivity contribution in [3.63, 3.8) is 0 Å². The van der Waals surface area contributed by atoms with Crippen LogP contribution in [0.1, 0.15) is 23.7 Å². The van der Waals surface area contributed by atoms with E-state index in [0.717, 1.165) is 6.42 Å². The average molecular weight is 374 g/mol. The van der Waals surface area contributed by atoms with E-state index < -0.39 is 15.7 Å². The molecule has 4 N–H and O–H groups in total. The van der Waals surface area contributed by atoms with Crippen molar-refractivity contribution in [1.82, 2.24) is 15.3 Å². The van der Waals surface area contributed by atoms with Gasteiger partial charge in [0, 0.05) is 17.8 Å². The molecule has 0 aliphatic rings. The lowest BCUT2D eigenvalue weighted by Gasteiger charge is -2.09. The topological polar surface area (TPSA) is 124 Å². The standard InChI is InChI=1S/C17H18N4O4S/c1-2-9-18-16(22)11-3-5-12(6-4-11)21-26(24,25)13-7-8-14-15(10-13)20-17(23)19-14/h3-8,10,21H,2,9H2,1H3,(H,18,22)(H2,19,20,23). The van der Waals surface area contributed by atoms with Gasteiger partial charge in [-0.15, -0.1) is 0 Å². The SMILES string of the molecule is CCCNC(=O)c1ccc(NS(=O)(=O)c2ccc3[nH]c(=O)[nH]c3c2)cc1. The van der Waals surface area contributed by atoms with Crippen LogP contribution in [0.3, 0.4) is 0 Å². The van der Waals surface area contributed by atoms with E-state index in [1.807, 2.05) is 6.92 Å². The third-order valence-electron chi connectivity index (χ3n) is 3.73. The van der Waals surface area contributed by atoms with Gasteiger partial charge < -0.3 is 15.3 Å². The van der Waals surface area contributed by atoms with Crippen LogP contribution in [0, 0.1) is 0 Å². The predicted molar refractivity (Wildman–Crippen MR) is 98.8 cm³/mol. The van der Waals surface area contributed by atoms with E-state index in [-0.39, 0.29) is 10.8 Å². The Morgan fingerprint density at radius 1 is 1.04 bits per heavy atom. The maximum absolute atomic E-state index is 12.5. The Bertz CT molecular complexity index is 1100. The number of amides is 1. The summed E-state index contributed by atoms with van der Waals surface area (Å²) in [5.74, 6) is -0.205. The summed E-state index contributed by atoms with van der Waals surface area (Å²) in [5.41, 5.74) is 1.31. The Labute approximate surface area is 149 Å². The van der Waals surface area contributed by atoms with Crippen LogP contribution in [-0.2, 0) is 10.0 Å². The van der Waals surface area contributed by atoms with Crippen molar-refractivity contribution >= 4 is 32.7 Å². The zero-order chi connectivity index (χ0) is 18.7. The van der Waals surface area contributed by atoms with Crippen molar-refractivity contribution in [1.29, 1.82) is 0 Å². The fourth-order valence-corrected chi connectivity index (χ4v) is 3.51. The minimum absolute atomic E-state index is 0.0185. The molecule has 3 aromatic rings. The molecule has 8 nitrogen and oxygen atoms in total. The highest BCUT2D eigenvalue weighted by atomic mass is 32.2. The molecule has 136 valence electrons. The number of anilines is 1. The number of hydrogen-bond acceptors (Lipinski definition) is 4. The molecule has 26 heavy (non-hydrogen) atoms. The lowest BCUT2D eigenvalue weighted by molar-refractivity contribution is 0.0953. The van der Waals surface area contributed by atoms with Gasteiger partial charge in [0.15, 0.2) is 0 Å². The number of aromatic amines is 2. The van der Waals surface area contributed by atoms with Gasteiger partial charge in [0.2, 0.25) is 0 Å². The second-order valence-electron chi connectivity index (χ2n) is 5.73. The summed E-state index contributed by atoms with van der Waals surface area (Å²) in [6.45, 7) is 2.54. The van der Waals surface area contributed by atoms with Crippen LogP contribution in [0.4, 0.5) is 5.69 Å². The minimum atomic E-state index is -3.83. The largest absolute Gasteiger partial charge is 0.352 e. The fraction of sp³-hybridized carbons (Fsp3) is 0.176.